The van der Waals surface area contributed by atoms with Gasteiger partial charge >= 0.3 is 281 Å². The molecular formula is C44H40HfSi. The van der Waals surface area contributed by atoms with Crippen molar-refractivity contribution in [3.05, 3.63) is 167 Å². The number of fused-ring (bicyclic) bond motifs is 12. The zero-order valence-electron chi connectivity index (χ0n) is 27.3. The molecule has 2 aliphatic carbocycles. The fourth-order valence-electron chi connectivity index (χ4n) is 10.3. The number of hydrogen-bond acceptors (Lipinski definition) is 0. The monoisotopic (exact) mass is 776 g/mol. The molecule has 1 aliphatic heterocycles. The van der Waals surface area contributed by atoms with E-state index in [1.807, 2.05) is 0 Å². The van der Waals surface area contributed by atoms with Gasteiger partial charge in [0.1, 0.15) is 0 Å². The molecule has 4 bridgehead atoms. The van der Waals surface area contributed by atoms with Crippen molar-refractivity contribution in [1.29, 1.82) is 0 Å². The van der Waals surface area contributed by atoms with E-state index in [9.17, 15) is 0 Å². The molecule has 0 aromatic heterocycles. The average molecular weight is 775 g/mol. The molecular weight excluding hydrogens is 735 g/mol. The fourth-order valence-corrected chi connectivity index (χ4v) is 35.0. The third kappa shape index (κ3) is 3.58. The molecule has 2 atom stereocenters. The van der Waals surface area contributed by atoms with Crippen molar-refractivity contribution >= 4 is 50.4 Å². The minimum atomic E-state index is -3.28. The quantitative estimate of drug-likeness (QED) is 0.157. The number of benzene rings is 6. The Morgan fingerprint density at radius 3 is 1.28 bits per heavy atom. The Labute approximate surface area is 278 Å². The van der Waals surface area contributed by atoms with Crippen LogP contribution in [-0.2, 0) is 20.0 Å². The fraction of sp³-hybridized carbons (Fsp3) is 0.182. The van der Waals surface area contributed by atoms with Gasteiger partial charge in [0, 0.05) is 0 Å². The first-order chi connectivity index (χ1) is 22.5. The van der Waals surface area contributed by atoms with Crippen molar-refractivity contribution in [2.75, 3.05) is 0 Å². The first-order valence-corrected chi connectivity index (χ1v) is 30.5. The molecule has 6 aromatic carbocycles. The van der Waals surface area contributed by atoms with Crippen LogP contribution in [0.4, 0.5) is 0 Å². The molecule has 9 rings (SSSR count). The van der Waals surface area contributed by atoms with Crippen LogP contribution in [-0.4, -0.2) is 8.07 Å². The first-order valence-electron chi connectivity index (χ1n) is 17.2. The molecule has 0 saturated carbocycles. The van der Waals surface area contributed by atoms with E-state index < -0.39 is 28.0 Å². The van der Waals surface area contributed by atoms with Gasteiger partial charge < -0.3 is 0 Å². The second-order valence-corrected chi connectivity index (χ2v) is 35.1. The Hall–Kier alpha value is -3.59. The van der Waals surface area contributed by atoms with Gasteiger partial charge in [-0.2, -0.15) is 0 Å². The number of rotatable bonds is 4. The Morgan fingerprint density at radius 2 is 0.870 bits per heavy atom. The second kappa shape index (κ2) is 10.5. The summed E-state index contributed by atoms with van der Waals surface area (Å²) in [5.41, 5.74) is 10.0. The van der Waals surface area contributed by atoms with Crippen molar-refractivity contribution in [3.8, 4) is 0 Å². The van der Waals surface area contributed by atoms with Gasteiger partial charge in [-0.3, -0.25) is 0 Å². The first kappa shape index (κ1) is 28.6. The summed E-state index contributed by atoms with van der Waals surface area (Å²) in [5, 5.41) is 12.1. The van der Waals surface area contributed by atoms with Crippen molar-refractivity contribution in [2.45, 2.75) is 43.4 Å². The molecule has 46 heavy (non-hydrogen) atoms. The van der Waals surface area contributed by atoms with E-state index >= 15 is 0 Å². The van der Waals surface area contributed by atoms with Gasteiger partial charge in [-0.05, 0) is 0 Å². The molecule has 0 radical (unpaired) electrons. The van der Waals surface area contributed by atoms with Crippen LogP contribution in [0.5, 0.6) is 0 Å². The van der Waals surface area contributed by atoms with E-state index in [1.165, 1.54) is 31.9 Å². The summed E-state index contributed by atoms with van der Waals surface area (Å²) in [6, 6.07) is 52.1. The summed E-state index contributed by atoms with van der Waals surface area (Å²) in [4.78, 5) is 0. The van der Waals surface area contributed by atoms with E-state index in [-0.39, 0.29) is 0 Å². The van der Waals surface area contributed by atoms with Gasteiger partial charge in [0.2, 0.25) is 0 Å². The molecule has 2 heteroatoms. The van der Waals surface area contributed by atoms with Crippen LogP contribution in [0.2, 0.25) is 9.36 Å². The topological polar surface area (TPSA) is 0 Å². The van der Waals surface area contributed by atoms with Crippen molar-refractivity contribution in [3.63, 3.8) is 0 Å². The van der Waals surface area contributed by atoms with E-state index in [1.54, 1.807) is 43.8 Å². The third-order valence-corrected chi connectivity index (χ3v) is 32.3. The molecule has 0 spiro atoms. The predicted octanol–water partition coefficient (Wildman–Crippen LogP) is 10.7. The Morgan fingerprint density at radius 1 is 0.478 bits per heavy atom. The summed E-state index contributed by atoms with van der Waals surface area (Å²) in [6.45, 7) is 4.94. The molecule has 0 N–H and O–H groups in total. The zero-order valence-corrected chi connectivity index (χ0v) is 31.9. The maximum atomic E-state index is 2.82. The summed E-state index contributed by atoms with van der Waals surface area (Å²) in [6.07, 6.45) is 2.22. The van der Waals surface area contributed by atoms with Gasteiger partial charge in [0.15, 0.2) is 0 Å². The molecule has 0 nitrogen and oxygen atoms in total. The normalized spacial score (nSPS) is 20.5. The summed E-state index contributed by atoms with van der Waals surface area (Å²) in [7, 11) is -2.87. The van der Waals surface area contributed by atoms with Crippen molar-refractivity contribution < 1.29 is 20.0 Å². The van der Waals surface area contributed by atoms with Crippen LogP contribution in [0.15, 0.2) is 145 Å². The van der Waals surface area contributed by atoms with Gasteiger partial charge in [-0.1, -0.05) is 0 Å². The van der Waals surface area contributed by atoms with E-state index in [4.69, 9.17) is 0 Å². The van der Waals surface area contributed by atoms with E-state index in [0.29, 0.717) is 7.35 Å². The minimum absolute atomic E-state index is 0.567. The average Bonchev–Trinajstić information content (AvgIpc) is 3.65. The van der Waals surface area contributed by atoms with Crippen LogP contribution < -0.4 is 10.4 Å². The molecule has 0 amide bonds. The van der Waals surface area contributed by atoms with Crippen LogP contribution in [0.1, 0.15) is 56.3 Å². The molecule has 3 aliphatic rings. The number of allylic oxidation sites excluding steroid dienone is 2. The Bertz CT molecular complexity index is 2100. The maximum absolute atomic E-state index is 3.28. The Balaban J connectivity index is 1.60. The van der Waals surface area contributed by atoms with Crippen LogP contribution >= 0.6 is 0 Å². The standard InChI is InChI=1S/C42H34Si.2CH3.Hf/c1-3-29-27-33-25-23-31-15-11-13-21-37(31)39(33)41(29)43(35-17-7-5-8-18-35,36-19-9-6-10-20-36)42-30(4-2)28-34-26-24-32-16-12-14-22-38(32)40(34)42;;;/h5-28H,3-4H2,1-2H3;2*1H3;. The van der Waals surface area contributed by atoms with Gasteiger partial charge in [-0.15, -0.1) is 0 Å². The van der Waals surface area contributed by atoms with Gasteiger partial charge in [-0.25, -0.2) is 0 Å². The Kier molecular flexibility index (Phi) is 6.50. The SMILES string of the molecule is CCC1=C2c3c(ccc4ccccc34)[CH]1[Hf]([CH3])([CH3])[CH]1C(CC)=C(c3c1ccc1ccccc31)[Si]2(c1ccccc1)c1ccccc1. The van der Waals surface area contributed by atoms with Crippen molar-refractivity contribution in [2.24, 2.45) is 0 Å². The van der Waals surface area contributed by atoms with Gasteiger partial charge in [0.25, 0.3) is 0 Å². The molecule has 0 saturated heterocycles. The number of hydrogen-bond donors (Lipinski definition) is 0. The van der Waals surface area contributed by atoms with Crippen LogP contribution in [0.3, 0.4) is 0 Å². The summed E-state index contributed by atoms with van der Waals surface area (Å²) < 4.78 is 6.77. The van der Waals surface area contributed by atoms with Crippen molar-refractivity contribution in [1.82, 2.24) is 0 Å². The van der Waals surface area contributed by atoms with Crippen LogP contribution in [0.25, 0.3) is 31.9 Å². The van der Waals surface area contributed by atoms with E-state index in [0.717, 1.165) is 12.8 Å². The molecule has 1 heterocycles. The van der Waals surface area contributed by atoms with Crippen LogP contribution in [0, 0.1) is 0 Å². The summed E-state index contributed by atoms with van der Waals surface area (Å²) >= 11 is -3.28. The zero-order chi connectivity index (χ0) is 31.2. The second-order valence-electron chi connectivity index (χ2n) is 14.2. The third-order valence-electron chi connectivity index (χ3n) is 11.8. The molecule has 6 aromatic rings. The molecule has 224 valence electrons. The molecule has 2 unspecified atom stereocenters. The van der Waals surface area contributed by atoms with Gasteiger partial charge in [0.05, 0.1) is 0 Å². The predicted molar refractivity (Wildman–Crippen MR) is 197 cm³/mol. The molecule has 0 fully saturated rings. The van der Waals surface area contributed by atoms with E-state index in [2.05, 4.69) is 157 Å². The summed E-state index contributed by atoms with van der Waals surface area (Å²) in [5.74, 6) is 0.